The number of hydrogen-bond acceptors (Lipinski definition) is 16. The molecule has 1 aliphatic rings. The highest BCUT2D eigenvalue weighted by molar-refractivity contribution is 5.81. The van der Waals surface area contributed by atoms with E-state index < -0.39 is 34.2 Å². The highest BCUT2D eigenvalue weighted by Crippen LogP contribution is 2.19. The molecule has 0 radical (unpaired) electrons. The van der Waals surface area contributed by atoms with Crippen molar-refractivity contribution in [3.63, 3.8) is 0 Å². The Labute approximate surface area is 465 Å². The Morgan fingerprint density at radius 2 is 1.00 bits per heavy atom. The fourth-order valence-corrected chi connectivity index (χ4v) is 6.91. The largest absolute Gasteiger partial charge is 0.481 e. The third kappa shape index (κ3) is 45.1. The summed E-state index contributed by atoms with van der Waals surface area (Å²) >= 11 is 0. The molecule has 77 heavy (non-hydrogen) atoms. The normalized spacial score (nSPS) is 14.7. The first-order valence-corrected chi connectivity index (χ1v) is 28.0. The zero-order chi connectivity index (χ0) is 59.8. The highest BCUT2D eigenvalue weighted by Gasteiger charge is 2.27. The van der Waals surface area contributed by atoms with Crippen molar-refractivity contribution in [1.82, 2.24) is 35.6 Å². The molecule has 2 amide bonds. The van der Waals surface area contributed by atoms with Crippen molar-refractivity contribution in [2.24, 2.45) is 5.41 Å². The minimum atomic E-state index is -0.864. The predicted octanol–water partition coefficient (Wildman–Crippen LogP) is 6.29. The lowest BCUT2D eigenvalue weighted by atomic mass is 9.90. The molecule has 0 aromatic heterocycles. The third-order valence-corrected chi connectivity index (χ3v) is 11.0. The van der Waals surface area contributed by atoms with Crippen LogP contribution in [0.5, 0.6) is 0 Å². The maximum Gasteiger partial charge on any atom is 0.320 e. The van der Waals surface area contributed by atoms with E-state index in [1.165, 1.54) is 11.1 Å². The number of rotatable bonds is 23. The Balaban J connectivity index is -0.00000279. The van der Waals surface area contributed by atoms with Crippen molar-refractivity contribution >= 4 is 42.0 Å². The molecule has 0 saturated carbocycles. The lowest BCUT2D eigenvalue weighted by molar-refractivity contribution is -0.158. The van der Waals surface area contributed by atoms with Gasteiger partial charge in [-0.1, -0.05) is 64.4 Å². The van der Waals surface area contributed by atoms with Crippen molar-refractivity contribution in [3.05, 3.63) is 35.4 Å². The van der Waals surface area contributed by atoms with Crippen molar-refractivity contribution in [2.75, 3.05) is 105 Å². The van der Waals surface area contributed by atoms with E-state index in [1.807, 2.05) is 124 Å². The highest BCUT2D eigenvalue weighted by atomic mass is 16.6. The smallest absolute Gasteiger partial charge is 0.320 e. The zero-order valence-electron chi connectivity index (χ0n) is 51.3. The Kier molecular flexibility index (Phi) is 42.3. The summed E-state index contributed by atoms with van der Waals surface area (Å²) in [5, 5.41) is 25.6. The van der Waals surface area contributed by atoms with Gasteiger partial charge in [-0.3, -0.25) is 48.4 Å². The van der Waals surface area contributed by atoms with Crippen LogP contribution in [-0.2, 0) is 54.2 Å². The van der Waals surface area contributed by atoms with Crippen LogP contribution in [0.1, 0.15) is 160 Å². The number of hydrogen-bond donors (Lipinski definition) is 5. The molecule has 19 nitrogen and oxygen atoms in total. The number of aliphatic hydroxyl groups excluding tert-OH is 1. The summed E-state index contributed by atoms with van der Waals surface area (Å²) < 4.78 is 16.9. The van der Waals surface area contributed by atoms with Crippen LogP contribution in [0.15, 0.2) is 24.3 Å². The van der Waals surface area contributed by atoms with Crippen LogP contribution in [0, 0.1) is 12.3 Å². The minimum Gasteiger partial charge on any atom is -0.481 e. The minimum absolute atomic E-state index is 0.000812. The molecular formula is C58H109N7O12. The lowest BCUT2D eigenvalue weighted by Crippen LogP contribution is -2.51. The Morgan fingerprint density at radius 3 is 1.31 bits per heavy atom. The maximum atomic E-state index is 13.4. The van der Waals surface area contributed by atoms with Crippen molar-refractivity contribution in [1.29, 1.82) is 0 Å². The molecule has 1 fully saturated rings. The van der Waals surface area contributed by atoms with Gasteiger partial charge in [0.25, 0.3) is 0 Å². The second-order valence-corrected chi connectivity index (χ2v) is 22.2. The molecule has 2 rings (SSSR count). The zero-order valence-corrected chi connectivity index (χ0v) is 51.3. The number of unbranched alkanes of at least 4 members (excludes halogenated alkanes) is 1. The summed E-state index contributed by atoms with van der Waals surface area (Å²) in [6.45, 7) is 36.5. The van der Waals surface area contributed by atoms with E-state index >= 15 is 0 Å². The summed E-state index contributed by atoms with van der Waals surface area (Å²) in [5.41, 5.74) is -0.353. The summed E-state index contributed by atoms with van der Waals surface area (Å²) in [6.07, 6.45) is 4.86. The standard InChI is InChI=1S/C45H76N6O9.C6H12O3.C3H9N.2C2H6/c1-35-17-19-36(20-18-35)14-13-16-38(53)46-21-12-11-15-37(34-52)47-39(54)30-48-22-24-49(31-40(55)58-43(2,3)4)26-28-51(33-42(57)60-45(8,9)10)29-27-50(25-23-48)32-41(56)59-44(5,6)7;1-6(2,3-4-7)5(8)9;1-3-4-2;2*1-2/h17-20,34,37H,11-16,21-33H2,1-10H3,(H,46,53)(H,47,54);7H,3-4H2,1-2H3,(H,8,9);4H,3H2,1-2H3;2*1-2H3. The molecule has 0 aliphatic carbocycles. The Hall–Kier alpha value is -4.53. The number of carboxylic acids is 1. The second kappa shape index (κ2) is 42.4. The van der Waals surface area contributed by atoms with Gasteiger partial charge < -0.3 is 45.2 Å². The van der Waals surface area contributed by atoms with Gasteiger partial charge in [0.15, 0.2) is 0 Å². The first-order valence-electron chi connectivity index (χ1n) is 28.0. The molecule has 5 N–H and O–H groups in total. The third-order valence-electron chi connectivity index (χ3n) is 11.0. The fraction of sp³-hybridized carbons (Fsp3) is 0.776. The topological polar surface area (TPSA) is 237 Å². The number of aliphatic hydroxyl groups is 1. The molecule has 1 aromatic carbocycles. The maximum absolute atomic E-state index is 13.4. The molecule has 1 unspecified atom stereocenters. The van der Waals surface area contributed by atoms with E-state index in [0.29, 0.717) is 91.0 Å². The number of aliphatic carboxylic acids is 1. The molecular weight excluding hydrogens is 987 g/mol. The van der Waals surface area contributed by atoms with E-state index in [1.54, 1.807) is 13.8 Å². The second-order valence-electron chi connectivity index (χ2n) is 22.2. The van der Waals surface area contributed by atoms with Gasteiger partial charge in [-0.15, -0.1) is 0 Å². The summed E-state index contributed by atoms with van der Waals surface area (Å²) in [7, 11) is 1.93. The molecule has 448 valence electrons. The quantitative estimate of drug-likeness (QED) is 0.0350. The van der Waals surface area contributed by atoms with Crippen LogP contribution in [0.2, 0.25) is 0 Å². The average Bonchev–Trinajstić information content (AvgIpc) is 3.32. The van der Waals surface area contributed by atoms with E-state index in [4.69, 9.17) is 24.4 Å². The van der Waals surface area contributed by atoms with Gasteiger partial charge in [0, 0.05) is 71.9 Å². The van der Waals surface area contributed by atoms with Gasteiger partial charge in [0.2, 0.25) is 11.8 Å². The van der Waals surface area contributed by atoms with E-state index in [-0.39, 0.29) is 62.5 Å². The average molecular weight is 1100 g/mol. The molecule has 1 aliphatic heterocycles. The molecule has 0 bridgehead atoms. The number of aryl methyl sites for hydroxylation is 2. The number of nitrogens with zero attached hydrogens (tertiary/aromatic N) is 4. The van der Waals surface area contributed by atoms with Crippen LogP contribution in [0.3, 0.4) is 0 Å². The number of nitrogens with one attached hydrogen (secondary N) is 3. The Bertz CT molecular complexity index is 1730. The summed E-state index contributed by atoms with van der Waals surface area (Å²) in [4.78, 5) is 94.9. The lowest BCUT2D eigenvalue weighted by Gasteiger charge is -2.34. The number of ether oxygens (including phenoxy) is 3. The van der Waals surface area contributed by atoms with Crippen molar-refractivity contribution < 1.29 is 58.0 Å². The van der Waals surface area contributed by atoms with Gasteiger partial charge in [-0.2, -0.15) is 0 Å². The van der Waals surface area contributed by atoms with Gasteiger partial charge in [0.1, 0.15) is 23.1 Å². The number of carbonyl (C=O) groups is 7. The monoisotopic (exact) mass is 1100 g/mol. The molecule has 1 atom stereocenters. The van der Waals surface area contributed by atoms with Crippen LogP contribution in [0.25, 0.3) is 0 Å². The molecule has 1 saturated heterocycles. The summed E-state index contributed by atoms with van der Waals surface area (Å²) in [6, 6.07) is 7.64. The van der Waals surface area contributed by atoms with Crippen molar-refractivity contribution in [3.8, 4) is 0 Å². The number of carboxylic acid groups (broad SMARTS) is 1. The first kappa shape index (κ1) is 76.7. The molecule has 1 heterocycles. The summed E-state index contributed by atoms with van der Waals surface area (Å²) in [5.74, 6) is -2.32. The number of esters is 3. The van der Waals surface area contributed by atoms with E-state index in [0.717, 1.165) is 25.7 Å². The van der Waals surface area contributed by atoms with Gasteiger partial charge >= 0.3 is 23.9 Å². The molecule has 19 heteroatoms. The SMILES string of the molecule is CC.CC.CC(C)(CCO)C(=O)O.CCNC.Cc1ccc(CCCC(=O)NCCCCC(C=O)NC(=O)CN2CCN(CC(=O)OC(C)(C)C)CCN(CC(=O)OC(C)(C)C)CCN(CC(=O)OC(C)(C)C)CC2)cc1. The van der Waals surface area contributed by atoms with Crippen LogP contribution < -0.4 is 16.0 Å². The van der Waals surface area contributed by atoms with Crippen LogP contribution >= 0.6 is 0 Å². The van der Waals surface area contributed by atoms with Crippen molar-refractivity contribution in [2.45, 2.75) is 185 Å². The molecule has 1 aromatic rings. The Morgan fingerprint density at radius 1 is 0.623 bits per heavy atom. The number of carbonyl (C=O) groups excluding carboxylic acids is 6. The number of amides is 2. The fourth-order valence-electron chi connectivity index (χ4n) is 6.91. The number of benzene rings is 1. The number of aldehydes is 1. The van der Waals surface area contributed by atoms with Gasteiger partial charge in [-0.25, -0.2) is 0 Å². The van der Waals surface area contributed by atoms with Gasteiger partial charge in [-0.05, 0) is 141 Å². The first-order chi connectivity index (χ1) is 35.9. The van der Waals surface area contributed by atoms with E-state index in [2.05, 4.69) is 47.1 Å². The van der Waals surface area contributed by atoms with Crippen LogP contribution in [-0.4, -0.2) is 200 Å². The van der Waals surface area contributed by atoms with Gasteiger partial charge in [0.05, 0.1) is 37.6 Å². The van der Waals surface area contributed by atoms with E-state index in [9.17, 15) is 33.6 Å². The molecule has 0 spiro atoms. The predicted molar refractivity (Wildman–Crippen MR) is 308 cm³/mol. The van der Waals surface area contributed by atoms with Crippen LogP contribution in [0.4, 0.5) is 0 Å².